The number of aliphatic imine (C=N–C) groups is 1. The van der Waals surface area contributed by atoms with Crippen LogP contribution >= 0.6 is 11.8 Å². The minimum atomic E-state index is -3.78. The van der Waals surface area contributed by atoms with Gasteiger partial charge in [-0.25, -0.2) is 9.71 Å². The largest absolute Gasteiger partial charge is 0.489 e. The minimum Gasteiger partial charge on any atom is -0.489 e. The molecule has 0 bridgehead atoms. The van der Waals surface area contributed by atoms with Crippen molar-refractivity contribution in [1.82, 2.24) is 14.3 Å². The van der Waals surface area contributed by atoms with Crippen LogP contribution < -0.4 is 14.8 Å². The lowest BCUT2D eigenvalue weighted by atomic mass is 10.1. The number of hydrogen-bond acceptors (Lipinski definition) is 7. The van der Waals surface area contributed by atoms with Crippen molar-refractivity contribution in [3.05, 3.63) is 100.0 Å². The van der Waals surface area contributed by atoms with Crippen LogP contribution in [0.3, 0.4) is 0 Å². The maximum Gasteiger partial charge on any atom is 0.304 e. The van der Waals surface area contributed by atoms with Crippen molar-refractivity contribution >= 4 is 50.7 Å². The number of carbonyl (C=O) groups is 2. The maximum atomic E-state index is 12.5. The van der Waals surface area contributed by atoms with Crippen LogP contribution in [0.25, 0.3) is 6.08 Å². The van der Waals surface area contributed by atoms with Gasteiger partial charge in [-0.3, -0.25) is 9.59 Å². The molecular formula is C27H24N4O5S2. The van der Waals surface area contributed by atoms with Crippen LogP contribution in [0.1, 0.15) is 22.3 Å². The average molecular weight is 549 g/mol. The van der Waals surface area contributed by atoms with E-state index in [-0.39, 0.29) is 19.0 Å². The van der Waals surface area contributed by atoms with Crippen LogP contribution in [0.5, 0.6) is 5.75 Å². The zero-order chi connectivity index (χ0) is 26.7. The van der Waals surface area contributed by atoms with E-state index in [1.165, 1.54) is 17.3 Å². The van der Waals surface area contributed by atoms with E-state index in [0.717, 1.165) is 21.2 Å². The highest BCUT2D eigenvalue weighted by molar-refractivity contribution is 8.18. The van der Waals surface area contributed by atoms with Crippen molar-refractivity contribution in [3.63, 3.8) is 0 Å². The Labute approximate surface area is 224 Å². The summed E-state index contributed by atoms with van der Waals surface area (Å²) in [5.41, 5.74) is 4.41. The summed E-state index contributed by atoms with van der Waals surface area (Å²) in [6.07, 6.45) is 1.81. The van der Waals surface area contributed by atoms with Gasteiger partial charge in [0.1, 0.15) is 12.4 Å². The Hall–Kier alpha value is -3.93. The topological polar surface area (TPSA) is 117 Å². The van der Waals surface area contributed by atoms with Gasteiger partial charge in [0.05, 0.1) is 17.1 Å². The van der Waals surface area contributed by atoms with Gasteiger partial charge in [0.2, 0.25) is 5.91 Å². The molecule has 2 aliphatic rings. The summed E-state index contributed by atoms with van der Waals surface area (Å²) in [4.78, 5) is 28.9. The Kier molecular flexibility index (Phi) is 7.32. The maximum absolute atomic E-state index is 12.5. The molecule has 2 amide bonds. The summed E-state index contributed by atoms with van der Waals surface area (Å²) in [5.74, 6) is 0.0399. The Balaban J connectivity index is 1.19. The van der Waals surface area contributed by atoms with E-state index in [2.05, 4.69) is 10.3 Å². The molecule has 0 aromatic heterocycles. The highest BCUT2D eigenvalue weighted by Gasteiger charge is 2.33. The zero-order valence-electron chi connectivity index (χ0n) is 20.4. The van der Waals surface area contributed by atoms with Gasteiger partial charge in [0.15, 0.2) is 5.17 Å². The van der Waals surface area contributed by atoms with Crippen molar-refractivity contribution < 1.29 is 22.7 Å². The van der Waals surface area contributed by atoms with Crippen LogP contribution in [0.4, 0.5) is 5.69 Å². The molecule has 9 nitrogen and oxygen atoms in total. The SMILES string of the molecule is Cc1ccc(OCc2ccc(C=C3SC(=Nc4ccc(CN5CC(=O)NS5(=O)=O)cc4)NC3=O)cc2)cc1. The molecule has 3 aromatic carbocycles. The van der Waals surface area contributed by atoms with E-state index in [9.17, 15) is 18.0 Å². The zero-order valence-corrected chi connectivity index (χ0v) is 22.0. The van der Waals surface area contributed by atoms with Gasteiger partial charge in [-0.2, -0.15) is 12.7 Å². The Morgan fingerprint density at radius 2 is 1.66 bits per heavy atom. The predicted octanol–water partition coefficient (Wildman–Crippen LogP) is 3.64. The first-order valence-electron chi connectivity index (χ1n) is 11.7. The van der Waals surface area contributed by atoms with Gasteiger partial charge in [-0.05, 0) is 65.7 Å². The molecule has 0 radical (unpaired) electrons. The third-order valence-corrected chi connectivity index (χ3v) is 8.12. The Bertz CT molecular complexity index is 1530. The molecule has 2 fully saturated rings. The lowest BCUT2D eigenvalue weighted by Gasteiger charge is -2.12. The number of thioether (sulfide) groups is 1. The third kappa shape index (κ3) is 6.31. The van der Waals surface area contributed by atoms with Crippen molar-refractivity contribution in [1.29, 1.82) is 0 Å². The van der Waals surface area contributed by atoms with Gasteiger partial charge >= 0.3 is 10.2 Å². The number of ether oxygens (including phenoxy) is 1. The van der Waals surface area contributed by atoms with Gasteiger partial charge < -0.3 is 10.1 Å². The number of benzene rings is 3. The van der Waals surface area contributed by atoms with E-state index < -0.39 is 16.1 Å². The lowest BCUT2D eigenvalue weighted by molar-refractivity contribution is -0.118. The standard InChI is InChI=1S/C27H24N4O5S2/c1-18-2-12-23(13-3-18)36-17-21-6-4-19(5-7-21)14-24-26(33)29-27(37-24)28-22-10-8-20(9-11-22)15-31-16-25(32)30-38(31,34)35/h2-14H,15-17H2,1H3,(H,30,32)(H,28,29,33). The number of hydrogen-bond donors (Lipinski definition) is 2. The van der Waals surface area contributed by atoms with Crippen LogP contribution in [-0.2, 0) is 33.0 Å². The summed E-state index contributed by atoms with van der Waals surface area (Å²) < 4.78 is 32.6. The molecule has 0 unspecified atom stereocenters. The van der Waals surface area contributed by atoms with Crippen molar-refractivity contribution in [2.75, 3.05) is 6.54 Å². The molecule has 3 aromatic rings. The van der Waals surface area contributed by atoms with Gasteiger partial charge in [0, 0.05) is 6.54 Å². The molecule has 194 valence electrons. The summed E-state index contributed by atoms with van der Waals surface area (Å²) in [5, 5.41) is 3.22. The molecular weight excluding hydrogens is 524 g/mol. The number of amides is 2. The highest BCUT2D eigenvalue weighted by atomic mass is 32.2. The third-order valence-electron chi connectivity index (χ3n) is 5.78. The van der Waals surface area contributed by atoms with E-state index in [1.807, 2.05) is 66.3 Å². The lowest BCUT2D eigenvalue weighted by Crippen LogP contribution is -2.29. The van der Waals surface area contributed by atoms with E-state index in [4.69, 9.17) is 4.74 Å². The number of rotatable bonds is 7. The molecule has 2 N–H and O–H groups in total. The molecule has 2 aliphatic heterocycles. The average Bonchev–Trinajstić information content (AvgIpc) is 3.36. The summed E-state index contributed by atoms with van der Waals surface area (Å²) >= 11 is 1.24. The Morgan fingerprint density at radius 1 is 0.974 bits per heavy atom. The number of carbonyl (C=O) groups excluding carboxylic acids is 2. The molecule has 0 saturated carbocycles. The second-order valence-corrected chi connectivity index (χ2v) is 11.5. The van der Waals surface area contributed by atoms with Crippen LogP contribution in [-0.4, -0.2) is 36.2 Å². The first-order chi connectivity index (χ1) is 18.2. The summed E-state index contributed by atoms with van der Waals surface area (Å²) in [7, 11) is -3.78. The van der Waals surface area contributed by atoms with Crippen molar-refractivity contribution in [2.24, 2.45) is 4.99 Å². The highest BCUT2D eigenvalue weighted by Crippen LogP contribution is 2.28. The van der Waals surface area contributed by atoms with E-state index in [1.54, 1.807) is 24.3 Å². The normalized spacial score (nSPS) is 19.1. The van der Waals surface area contributed by atoms with Crippen molar-refractivity contribution in [3.8, 4) is 5.75 Å². The second-order valence-electron chi connectivity index (χ2n) is 8.79. The fraction of sp³-hybridized carbons (Fsp3) is 0.148. The number of nitrogens with one attached hydrogen (secondary N) is 2. The molecule has 38 heavy (non-hydrogen) atoms. The van der Waals surface area contributed by atoms with E-state index in [0.29, 0.717) is 27.9 Å². The number of amidine groups is 1. The molecule has 0 spiro atoms. The number of nitrogens with zero attached hydrogens (tertiary/aromatic N) is 2. The van der Waals surface area contributed by atoms with Gasteiger partial charge in [-0.15, -0.1) is 0 Å². The molecule has 0 atom stereocenters. The fourth-order valence-corrected chi connectivity index (χ4v) is 5.70. The first kappa shape index (κ1) is 25.7. The van der Waals surface area contributed by atoms with Gasteiger partial charge in [0.25, 0.3) is 5.91 Å². The molecule has 2 saturated heterocycles. The molecule has 2 heterocycles. The first-order valence-corrected chi connectivity index (χ1v) is 14.0. The van der Waals surface area contributed by atoms with Crippen LogP contribution in [0.2, 0.25) is 0 Å². The van der Waals surface area contributed by atoms with Crippen LogP contribution in [0.15, 0.2) is 82.7 Å². The second kappa shape index (κ2) is 10.8. The quantitative estimate of drug-likeness (QED) is 0.436. The monoisotopic (exact) mass is 548 g/mol. The molecule has 0 aliphatic carbocycles. The van der Waals surface area contributed by atoms with Crippen molar-refractivity contribution in [2.45, 2.75) is 20.1 Å². The smallest absolute Gasteiger partial charge is 0.304 e. The number of aryl methyl sites for hydroxylation is 1. The molecule has 5 rings (SSSR count). The van der Waals surface area contributed by atoms with Gasteiger partial charge in [-0.1, -0.05) is 54.1 Å². The summed E-state index contributed by atoms with van der Waals surface area (Å²) in [6.45, 7) is 2.36. The van der Waals surface area contributed by atoms with Crippen LogP contribution in [0, 0.1) is 6.92 Å². The molecule has 11 heteroatoms. The predicted molar refractivity (Wildman–Crippen MR) is 147 cm³/mol. The minimum absolute atomic E-state index is 0.0766. The van der Waals surface area contributed by atoms with E-state index >= 15 is 0 Å². The fourth-order valence-electron chi connectivity index (χ4n) is 3.77. The Morgan fingerprint density at radius 3 is 2.32 bits per heavy atom. The summed E-state index contributed by atoms with van der Waals surface area (Å²) in [6, 6.07) is 22.6.